The average Bonchev–Trinajstić information content (AvgIpc) is 2.27. The molecule has 104 valence electrons. The highest BCUT2D eigenvalue weighted by molar-refractivity contribution is 5.95. The fraction of sp³-hybridized carbons (Fsp3) is 0.467. The van der Waals surface area contributed by atoms with Gasteiger partial charge in [0.05, 0.1) is 0 Å². The quantitative estimate of drug-likeness (QED) is 0.850. The minimum absolute atomic E-state index is 0.0351. The van der Waals surface area contributed by atoms with Gasteiger partial charge in [-0.25, -0.2) is 4.79 Å². The summed E-state index contributed by atoms with van der Waals surface area (Å²) in [5.74, 6) is 0.0351. The van der Waals surface area contributed by atoms with E-state index in [4.69, 9.17) is 4.74 Å². The number of Topliss-reactive ketones (excluding diaryl/α,β-unsaturated/α-hetero) is 1. The van der Waals surface area contributed by atoms with Crippen LogP contribution in [0.1, 0.15) is 43.6 Å². The van der Waals surface area contributed by atoms with Crippen LogP contribution in [0.5, 0.6) is 0 Å². The molecule has 0 fully saturated rings. The Labute approximate surface area is 114 Å². The molecule has 0 aliphatic carbocycles. The molecule has 1 rings (SSSR count). The fourth-order valence-electron chi connectivity index (χ4n) is 1.70. The van der Waals surface area contributed by atoms with Gasteiger partial charge in [-0.05, 0) is 39.7 Å². The van der Waals surface area contributed by atoms with Crippen molar-refractivity contribution in [2.45, 2.75) is 39.7 Å². The van der Waals surface area contributed by atoms with Crippen LogP contribution in [0.4, 0.5) is 4.79 Å². The van der Waals surface area contributed by atoms with Gasteiger partial charge in [-0.2, -0.15) is 0 Å². The zero-order valence-electron chi connectivity index (χ0n) is 11.9. The van der Waals surface area contributed by atoms with Crippen molar-refractivity contribution < 1.29 is 14.3 Å². The fourth-order valence-corrected chi connectivity index (χ4v) is 1.70. The smallest absolute Gasteiger partial charge is 0.407 e. The number of nitrogens with one attached hydrogen (secondary N) is 1. The Morgan fingerprint density at radius 1 is 1.21 bits per heavy atom. The molecule has 0 saturated carbocycles. The largest absolute Gasteiger partial charge is 0.444 e. The van der Waals surface area contributed by atoms with E-state index in [0.717, 1.165) is 5.56 Å². The summed E-state index contributed by atoms with van der Waals surface area (Å²) >= 11 is 0. The Bertz CT molecular complexity index is 461. The molecular weight excluding hydrogens is 242 g/mol. The third-order valence-corrected chi connectivity index (χ3v) is 2.46. The molecule has 4 nitrogen and oxygen atoms in total. The standard InChI is InChI=1S/C15H21NO3/c1-11(17)13-8-6-5-7-12(13)9-10-16-14(18)19-15(2,3)4/h5-8H,9-10H2,1-4H3,(H,16,18). The molecule has 0 saturated heterocycles. The van der Waals surface area contributed by atoms with Crippen molar-refractivity contribution in [3.8, 4) is 0 Å². The van der Waals surface area contributed by atoms with Gasteiger partial charge in [0, 0.05) is 12.1 Å². The highest BCUT2D eigenvalue weighted by Gasteiger charge is 2.15. The summed E-state index contributed by atoms with van der Waals surface area (Å²) < 4.78 is 5.14. The van der Waals surface area contributed by atoms with Crippen LogP contribution in [0.25, 0.3) is 0 Å². The van der Waals surface area contributed by atoms with Crippen molar-refractivity contribution in [3.63, 3.8) is 0 Å². The lowest BCUT2D eigenvalue weighted by atomic mass is 10.0. The van der Waals surface area contributed by atoms with Crippen molar-refractivity contribution in [3.05, 3.63) is 35.4 Å². The SMILES string of the molecule is CC(=O)c1ccccc1CCNC(=O)OC(C)(C)C. The van der Waals surface area contributed by atoms with E-state index >= 15 is 0 Å². The van der Waals surface area contributed by atoms with E-state index in [2.05, 4.69) is 5.32 Å². The molecule has 1 aromatic rings. The van der Waals surface area contributed by atoms with Crippen LogP contribution in [0.3, 0.4) is 0 Å². The van der Waals surface area contributed by atoms with Gasteiger partial charge in [0.2, 0.25) is 0 Å². The maximum Gasteiger partial charge on any atom is 0.407 e. The van der Waals surface area contributed by atoms with Crippen LogP contribution in [0, 0.1) is 0 Å². The molecule has 0 atom stereocenters. The maximum absolute atomic E-state index is 11.5. The summed E-state index contributed by atoms with van der Waals surface area (Å²) in [7, 11) is 0. The lowest BCUT2D eigenvalue weighted by molar-refractivity contribution is 0.0528. The van der Waals surface area contributed by atoms with Gasteiger partial charge in [0.25, 0.3) is 0 Å². The van der Waals surface area contributed by atoms with Gasteiger partial charge in [0.1, 0.15) is 5.60 Å². The van der Waals surface area contributed by atoms with Gasteiger partial charge in [-0.15, -0.1) is 0 Å². The maximum atomic E-state index is 11.5. The van der Waals surface area contributed by atoms with Crippen molar-refractivity contribution in [2.24, 2.45) is 0 Å². The Morgan fingerprint density at radius 3 is 2.42 bits per heavy atom. The molecule has 1 aromatic carbocycles. The number of hydrogen-bond acceptors (Lipinski definition) is 3. The number of amides is 1. The summed E-state index contributed by atoms with van der Waals surface area (Å²) in [6, 6.07) is 7.41. The first kappa shape index (κ1) is 15.2. The van der Waals surface area contributed by atoms with Gasteiger partial charge in [-0.1, -0.05) is 24.3 Å². The number of alkyl carbamates (subject to hydrolysis) is 1. The Balaban J connectivity index is 2.50. The molecule has 19 heavy (non-hydrogen) atoms. The molecule has 1 amide bonds. The van der Waals surface area contributed by atoms with E-state index in [1.807, 2.05) is 39.0 Å². The monoisotopic (exact) mass is 263 g/mol. The Hall–Kier alpha value is -1.84. The number of carbonyl (C=O) groups is 2. The summed E-state index contributed by atoms with van der Waals surface area (Å²) in [4.78, 5) is 22.9. The first-order chi connectivity index (χ1) is 8.79. The zero-order chi connectivity index (χ0) is 14.5. The van der Waals surface area contributed by atoms with E-state index in [0.29, 0.717) is 18.5 Å². The summed E-state index contributed by atoms with van der Waals surface area (Å²) in [6.07, 6.45) is 0.169. The summed E-state index contributed by atoms with van der Waals surface area (Å²) in [5, 5.41) is 2.68. The molecule has 0 aliphatic rings. The second kappa shape index (κ2) is 6.36. The highest BCUT2D eigenvalue weighted by Crippen LogP contribution is 2.10. The van der Waals surface area contributed by atoms with Crippen molar-refractivity contribution in [1.29, 1.82) is 0 Å². The molecule has 0 unspecified atom stereocenters. The topological polar surface area (TPSA) is 55.4 Å². The van der Waals surface area contributed by atoms with Crippen LogP contribution in [0.15, 0.2) is 24.3 Å². The number of carbonyl (C=O) groups excluding carboxylic acids is 2. The number of ketones is 1. The molecule has 0 heterocycles. The van der Waals surface area contributed by atoms with E-state index < -0.39 is 11.7 Å². The average molecular weight is 263 g/mol. The van der Waals surface area contributed by atoms with E-state index in [1.54, 1.807) is 13.0 Å². The normalized spacial score (nSPS) is 10.9. The first-order valence-corrected chi connectivity index (χ1v) is 6.35. The van der Waals surface area contributed by atoms with Crippen LogP contribution in [0.2, 0.25) is 0 Å². The van der Waals surface area contributed by atoms with Crippen LogP contribution in [-0.4, -0.2) is 24.0 Å². The molecule has 0 aromatic heterocycles. The van der Waals surface area contributed by atoms with Crippen LogP contribution >= 0.6 is 0 Å². The molecule has 0 radical (unpaired) electrons. The summed E-state index contributed by atoms with van der Waals surface area (Å²) in [5.41, 5.74) is 1.14. The molecule has 0 aliphatic heterocycles. The number of rotatable bonds is 4. The molecular formula is C15H21NO3. The minimum atomic E-state index is -0.499. The molecule has 0 spiro atoms. The Kier molecular flexibility index (Phi) is 5.10. The zero-order valence-corrected chi connectivity index (χ0v) is 11.9. The van der Waals surface area contributed by atoms with E-state index in [1.165, 1.54) is 0 Å². The molecule has 0 bridgehead atoms. The lowest BCUT2D eigenvalue weighted by Gasteiger charge is -2.19. The predicted molar refractivity (Wildman–Crippen MR) is 74.4 cm³/mol. The van der Waals surface area contributed by atoms with Crippen LogP contribution < -0.4 is 5.32 Å². The second-order valence-corrected chi connectivity index (χ2v) is 5.39. The molecule has 1 N–H and O–H groups in total. The van der Waals surface area contributed by atoms with Gasteiger partial charge in [0.15, 0.2) is 5.78 Å². The number of hydrogen-bond donors (Lipinski definition) is 1. The third-order valence-electron chi connectivity index (χ3n) is 2.46. The summed E-state index contributed by atoms with van der Waals surface area (Å²) in [6.45, 7) is 7.44. The molecule has 4 heteroatoms. The number of benzene rings is 1. The van der Waals surface area contributed by atoms with E-state index in [-0.39, 0.29) is 5.78 Å². The minimum Gasteiger partial charge on any atom is -0.444 e. The Morgan fingerprint density at radius 2 is 1.84 bits per heavy atom. The van der Waals surface area contributed by atoms with Crippen LogP contribution in [-0.2, 0) is 11.2 Å². The van der Waals surface area contributed by atoms with Gasteiger partial charge >= 0.3 is 6.09 Å². The van der Waals surface area contributed by atoms with Gasteiger partial charge < -0.3 is 10.1 Å². The first-order valence-electron chi connectivity index (χ1n) is 6.35. The highest BCUT2D eigenvalue weighted by atomic mass is 16.6. The van der Waals surface area contributed by atoms with Gasteiger partial charge in [-0.3, -0.25) is 4.79 Å². The van der Waals surface area contributed by atoms with E-state index in [9.17, 15) is 9.59 Å². The number of ether oxygens (including phenoxy) is 1. The van der Waals surface area contributed by atoms with Crippen molar-refractivity contribution >= 4 is 11.9 Å². The lowest BCUT2D eigenvalue weighted by Crippen LogP contribution is -2.33. The van der Waals surface area contributed by atoms with Crippen molar-refractivity contribution in [1.82, 2.24) is 5.32 Å². The second-order valence-electron chi connectivity index (χ2n) is 5.39. The van der Waals surface area contributed by atoms with Crippen molar-refractivity contribution in [2.75, 3.05) is 6.54 Å². The third kappa shape index (κ3) is 5.55. The predicted octanol–water partition coefficient (Wildman–Crippen LogP) is 2.96.